The molecule has 1 aliphatic heterocycles. The third kappa shape index (κ3) is 13.9. The van der Waals surface area contributed by atoms with Crippen molar-refractivity contribution in [1.29, 1.82) is 0 Å². The largest absolute Gasteiger partial charge is 0.465 e. The zero-order valence-corrected chi connectivity index (χ0v) is 33.1. The average Bonchev–Trinajstić information content (AvgIpc) is 3.12. The van der Waals surface area contributed by atoms with Crippen LogP contribution in [0.5, 0.6) is 0 Å². The van der Waals surface area contributed by atoms with E-state index in [-0.39, 0.29) is 93.8 Å². The number of nitro benzene ring substituents is 1. The first-order valence-electron chi connectivity index (χ1n) is 19.3. The topological polar surface area (TPSA) is 161 Å². The number of ether oxygens (including phenoxy) is 4. The molecule has 1 unspecified atom stereocenters. The van der Waals surface area contributed by atoms with Gasteiger partial charge in [0.05, 0.1) is 51.0 Å². The molecule has 1 fully saturated rings. The van der Waals surface area contributed by atoms with Crippen molar-refractivity contribution in [2.24, 2.45) is 0 Å². The molecule has 1 saturated heterocycles. The van der Waals surface area contributed by atoms with Crippen LogP contribution in [0.3, 0.4) is 0 Å². The minimum absolute atomic E-state index is 0.00544. The number of rotatable bonds is 18. The number of hydrogen-bond acceptors (Lipinski definition) is 14. The summed E-state index contributed by atoms with van der Waals surface area (Å²) in [4.78, 5) is 72.9. The van der Waals surface area contributed by atoms with Gasteiger partial charge < -0.3 is 18.9 Å². The van der Waals surface area contributed by atoms with E-state index in [9.17, 15) is 29.3 Å². The summed E-state index contributed by atoms with van der Waals surface area (Å²) in [5.74, 6) is -1.62. The minimum atomic E-state index is -0.950. The Labute approximate surface area is 315 Å². The van der Waals surface area contributed by atoms with Crippen molar-refractivity contribution in [2.75, 3.05) is 72.2 Å². The van der Waals surface area contributed by atoms with Crippen molar-refractivity contribution in [2.45, 2.75) is 111 Å². The average molecular weight is 750 g/mol. The molecule has 300 valence electrons. The number of esters is 4. The lowest BCUT2D eigenvalue weighted by molar-refractivity contribution is -0.384. The van der Waals surface area contributed by atoms with E-state index in [1.165, 1.54) is 12.1 Å². The highest BCUT2D eigenvalue weighted by molar-refractivity contribution is 5.78. The Morgan fingerprint density at radius 2 is 0.962 bits per heavy atom. The van der Waals surface area contributed by atoms with Crippen LogP contribution in [0.2, 0.25) is 0 Å². The van der Waals surface area contributed by atoms with Crippen LogP contribution in [0.4, 0.5) is 5.69 Å². The first-order valence-corrected chi connectivity index (χ1v) is 19.3. The minimum Gasteiger partial charge on any atom is -0.465 e. The van der Waals surface area contributed by atoms with Crippen LogP contribution in [0.15, 0.2) is 24.3 Å². The van der Waals surface area contributed by atoms with E-state index in [2.05, 4.69) is 19.6 Å². The van der Waals surface area contributed by atoms with Gasteiger partial charge in [-0.15, -0.1) is 0 Å². The van der Waals surface area contributed by atoms with E-state index in [0.29, 0.717) is 57.4 Å². The van der Waals surface area contributed by atoms with Gasteiger partial charge in [-0.2, -0.15) is 0 Å². The van der Waals surface area contributed by atoms with Crippen LogP contribution in [0.1, 0.15) is 92.7 Å². The highest BCUT2D eigenvalue weighted by atomic mass is 16.6. The maximum absolute atomic E-state index is 14.1. The van der Waals surface area contributed by atoms with Gasteiger partial charge in [-0.3, -0.25) is 44.1 Å². The smallest absolute Gasteiger partial charge is 0.328 e. The Morgan fingerprint density at radius 3 is 1.30 bits per heavy atom. The summed E-state index contributed by atoms with van der Waals surface area (Å²) in [6.07, 6.45) is 2.45. The molecule has 0 amide bonds. The molecule has 0 aromatic heterocycles. The highest BCUT2D eigenvalue weighted by Gasteiger charge is 2.40. The second kappa shape index (κ2) is 23.9. The van der Waals surface area contributed by atoms with Gasteiger partial charge in [0.1, 0.15) is 6.04 Å². The summed E-state index contributed by atoms with van der Waals surface area (Å²) in [6, 6.07) is 3.99. The second-order valence-corrected chi connectivity index (χ2v) is 13.2. The standard InChI is InChI=1S/C38H63N5O10/c1-9-29-22-40(26-35(45)51-14-6)31(11-3)24-42(37(38(47)53-16-8)28-17-19-33(20-18-28)43(48)49)32(12-4)23-41(27-36(46)52-15-7)30(10-2)21-39(29)25-34(44)50-13-5/h17-20,29-32,37H,9-16,21-27H2,1-8H3/t29-,30-,31-,32-,37?/m1/s1. The monoisotopic (exact) mass is 749 g/mol. The molecule has 0 spiro atoms. The molecule has 1 aromatic rings. The normalized spacial score (nSPS) is 21.8. The van der Waals surface area contributed by atoms with Gasteiger partial charge in [0.15, 0.2) is 0 Å². The Hall–Kier alpha value is -3.66. The number of nitrogens with zero attached hydrogens (tertiary/aromatic N) is 5. The number of carbonyl (C=O) groups is 4. The van der Waals surface area contributed by atoms with Gasteiger partial charge in [0.2, 0.25) is 0 Å². The molecule has 0 N–H and O–H groups in total. The van der Waals surface area contributed by atoms with E-state index in [1.54, 1.807) is 39.8 Å². The Morgan fingerprint density at radius 1 is 0.604 bits per heavy atom. The van der Waals surface area contributed by atoms with Gasteiger partial charge in [-0.25, -0.2) is 4.79 Å². The van der Waals surface area contributed by atoms with Gasteiger partial charge in [0, 0.05) is 62.5 Å². The van der Waals surface area contributed by atoms with Crippen molar-refractivity contribution < 1.29 is 43.0 Å². The molecule has 0 aliphatic carbocycles. The van der Waals surface area contributed by atoms with Crippen LogP contribution < -0.4 is 0 Å². The molecule has 5 atom stereocenters. The molecular formula is C38H63N5O10. The van der Waals surface area contributed by atoms with Crippen LogP contribution in [-0.2, 0) is 38.1 Å². The van der Waals surface area contributed by atoms with Crippen molar-refractivity contribution in [3.8, 4) is 0 Å². The molecule has 1 aliphatic rings. The predicted molar refractivity (Wildman–Crippen MR) is 200 cm³/mol. The molecule has 0 saturated carbocycles. The van der Waals surface area contributed by atoms with Crippen LogP contribution in [0.25, 0.3) is 0 Å². The zero-order chi connectivity index (χ0) is 39.5. The summed E-state index contributed by atoms with van der Waals surface area (Å²) in [7, 11) is 0. The lowest BCUT2D eigenvalue weighted by Gasteiger charge is -2.47. The quantitative estimate of drug-likeness (QED) is 0.0908. The van der Waals surface area contributed by atoms with E-state index in [4.69, 9.17) is 18.9 Å². The first-order chi connectivity index (χ1) is 25.4. The lowest BCUT2D eigenvalue weighted by Crippen LogP contribution is -2.60. The van der Waals surface area contributed by atoms with Crippen molar-refractivity contribution >= 4 is 29.6 Å². The lowest BCUT2D eigenvalue weighted by atomic mass is 9.97. The van der Waals surface area contributed by atoms with E-state index < -0.39 is 16.9 Å². The summed E-state index contributed by atoms with van der Waals surface area (Å²) >= 11 is 0. The van der Waals surface area contributed by atoms with Crippen molar-refractivity contribution in [1.82, 2.24) is 19.6 Å². The molecule has 15 heteroatoms. The Balaban J connectivity index is 2.91. The molecule has 0 bridgehead atoms. The molecule has 53 heavy (non-hydrogen) atoms. The van der Waals surface area contributed by atoms with Crippen LogP contribution in [-0.4, -0.2) is 145 Å². The van der Waals surface area contributed by atoms with E-state index >= 15 is 0 Å². The molecule has 15 nitrogen and oxygen atoms in total. The number of hydrogen-bond donors (Lipinski definition) is 0. The molecule has 0 radical (unpaired) electrons. The number of non-ortho nitro benzene ring substituents is 1. The maximum Gasteiger partial charge on any atom is 0.328 e. The SMILES string of the molecule is CCOC(=O)CN1C[C@@H](CC)N(CC(=O)OCC)C[C@@H](CC)N(C(C(=O)OCC)c2ccc([N+](=O)[O-])cc2)C[C@@H](CC)N(CC(=O)OCC)C[C@H]1CC. The molecule has 1 aromatic carbocycles. The van der Waals surface area contributed by atoms with Crippen molar-refractivity contribution in [3.63, 3.8) is 0 Å². The van der Waals surface area contributed by atoms with Crippen LogP contribution in [0, 0.1) is 10.1 Å². The Kier molecular flexibility index (Phi) is 20.5. The van der Waals surface area contributed by atoms with E-state index in [1.807, 2.05) is 27.7 Å². The van der Waals surface area contributed by atoms with Gasteiger partial charge in [0.25, 0.3) is 5.69 Å². The summed E-state index contributed by atoms with van der Waals surface area (Å²) in [5, 5.41) is 11.6. The summed E-state index contributed by atoms with van der Waals surface area (Å²) < 4.78 is 21.9. The van der Waals surface area contributed by atoms with Crippen LogP contribution >= 0.6 is 0 Å². The number of nitro groups is 1. The third-order valence-corrected chi connectivity index (χ3v) is 9.83. The second-order valence-electron chi connectivity index (χ2n) is 13.2. The third-order valence-electron chi connectivity index (χ3n) is 9.83. The summed E-state index contributed by atoms with van der Waals surface area (Å²) in [5.41, 5.74) is 0.427. The van der Waals surface area contributed by atoms with Gasteiger partial charge in [-0.1, -0.05) is 39.8 Å². The molecular weight excluding hydrogens is 686 g/mol. The molecule has 2 rings (SSSR count). The predicted octanol–water partition coefficient (Wildman–Crippen LogP) is 4.22. The fraction of sp³-hybridized carbons (Fsp3) is 0.737. The summed E-state index contributed by atoms with van der Waals surface area (Å²) in [6.45, 7) is 17.5. The van der Waals surface area contributed by atoms with Gasteiger partial charge in [-0.05, 0) is 58.9 Å². The molecule has 1 heterocycles. The Bertz CT molecular complexity index is 1280. The van der Waals surface area contributed by atoms with E-state index in [0.717, 1.165) is 0 Å². The zero-order valence-electron chi connectivity index (χ0n) is 33.1. The fourth-order valence-electron chi connectivity index (χ4n) is 7.11. The fourth-order valence-corrected chi connectivity index (χ4v) is 7.11. The number of benzene rings is 1. The first kappa shape index (κ1) is 45.5. The maximum atomic E-state index is 14.1. The van der Waals surface area contributed by atoms with Gasteiger partial charge >= 0.3 is 23.9 Å². The number of carbonyl (C=O) groups excluding carboxylic acids is 4. The van der Waals surface area contributed by atoms with Crippen molar-refractivity contribution in [3.05, 3.63) is 39.9 Å². The highest BCUT2D eigenvalue weighted by Crippen LogP contribution is 2.31.